The molecule has 0 N–H and O–H groups in total. The first-order chi connectivity index (χ1) is 18.2. The van der Waals surface area contributed by atoms with Crippen molar-refractivity contribution in [3.05, 3.63) is 126 Å². The van der Waals surface area contributed by atoms with Crippen LogP contribution >= 0.6 is 0 Å². The van der Waals surface area contributed by atoms with Crippen LogP contribution < -0.4 is 0 Å². The van der Waals surface area contributed by atoms with Gasteiger partial charge < -0.3 is 9.64 Å². The van der Waals surface area contributed by atoms with Gasteiger partial charge in [-0.15, -0.1) is 0 Å². The number of ether oxygens (including phenoxy) is 1. The zero-order chi connectivity index (χ0) is 25.5. The van der Waals surface area contributed by atoms with Crippen LogP contribution in [0, 0.1) is 0 Å². The minimum atomic E-state index is -0.249. The monoisotopic (exact) mass is 494 g/mol. The first-order valence-electron chi connectivity index (χ1n) is 12.9. The molecule has 0 spiro atoms. The Kier molecular flexibility index (Phi) is 7.96. The van der Waals surface area contributed by atoms with Crippen molar-refractivity contribution < 1.29 is 9.53 Å². The molecule has 0 unspecified atom stereocenters. The third-order valence-corrected chi connectivity index (χ3v) is 7.15. The topological polar surface area (TPSA) is 50.6 Å². The van der Waals surface area contributed by atoms with Gasteiger partial charge in [0.15, 0.2) is 0 Å². The number of aryl methyl sites for hydroxylation is 1. The number of amides is 1. The number of carbonyl (C=O) groups is 1. The van der Waals surface area contributed by atoms with Crippen LogP contribution in [-0.4, -0.2) is 57.9 Å². The molecule has 0 aliphatic carbocycles. The van der Waals surface area contributed by atoms with Gasteiger partial charge in [0.1, 0.15) is 6.61 Å². The van der Waals surface area contributed by atoms with Gasteiger partial charge in [-0.05, 0) is 28.7 Å². The SMILES string of the molecule is Cn1cc(CCN2CCN(C(=O)OCc3ccccc3)C[C@H]2C(c2ccccc2)c2ccccc2)cn1. The Balaban J connectivity index is 1.39. The number of nitrogens with zero attached hydrogens (tertiary/aromatic N) is 4. The Hall–Kier alpha value is -3.90. The molecule has 2 heterocycles. The molecular formula is C31H34N4O2. The molecule has 6 heteroatoms. The molecule has 3 aromatic carbocycles. The van der Waals surface area contributed by atoms with Gasteiger partial charge in [-0.25, -0.2) is 4.79 Å². The van der Waals surface area contributed by atoms with Crippen LogP contribution in [0.15, 0.2) is 103 Å². The fraction of sp³-hybridized carbons (Fsp3) is 0.290. The summed E-state index contributed by atoms with van der Waals surface area (Å²) in [4.78, 5) is 17.6. The maximum atomic E-state index is 13.2. The molecule has 0 bridgehead atoms. The van der Waals surface area contributed by atoms with Crippen molar-refractivity contribution in [2.24, 2.45) is 7.05 Å². The Morgan fingerprint density at radius 1 is 0.892 bits per heavy atom. The van der Waals surface area contributed by atoms with Crippen LogP contribution in [0.25, 0.3) is 0 Å². The number of rotatable bonds is 8. The van der Waals surface area contributed by atoms with Crippen LogP contribution in [0.4, 0.5) is 4.79 Å². The van der Waals surface area contributed by atoms with E-state index < -0.39 is 0 Å². The van der Waals surface area contributed by atoms with E-state index in [1.54, 1.807) is 0 Å². The zero-order valence-electron chi connectivity index (χ0n) is 21.3. The fourth-order valence-corrected chi connectivity index (χ4v) is 5.25. The Labute approximate surface area is 219 Å². The van der Waals surface area contributed by atoms with E-state index >= 15 is 0 Å². The maximum Gasteiger partial charge on any atom is 0.410 e. The Morgan fingerprint density at radius 3 is 2.11 bits per heavy atom. The van der Waals surface area contributed by atoms with Gasteiger partial charge in [0.2, 0.25) is 0 Å². The summed E-state index contributed by atoms with van der Waals surface area (Å²) in [5.74, 6) is 0.126. The molecule has 1 aromatic heterocycles. The first kappa shape index (κ1) is 24.8. The molecule has 0 radical (unpaired) electrons. The van der Waals surface area contributed by atoms with Gasteiger partial charge in [-0.1, -0.05) is 91.0 Å². The summed E-state index contributed by atoms with van der Waals surface area (Å²) in [6.07, 6.45) is 4.69. The van der Waals surface area contributed by atoms with E-state index in [1.165, 1.54) is 16.7 Å². The van der Waals surface area contributed by atoms with Crippen LogP contribution in [0.1, 0.15) is 28.2 Å². The second-order valence-electron chi connectivity index (χ2n) is 9.66. The minimum Gasteiger partial charge on any atom is -0.445 e. The summed E-state index contributed by atoms with van der Waals surface area (Å²) < 4.78 is 7.58. The van der Waals surface area contributed by atoms with E-state index in [4.69, 9.17) is 4.74 Å². The highest BCUT2D eigenvalue weighted by atomic mass is 16.6. The van der Waals surface area contributed by atoms with Gasteiger partial charge >= 0.3 is 6.09 Å². The number of benzene rings is 3. The van der Waals surface area contributed by atoms with Crippen molar-refractivity contribution in [2.75, 3.05) is 26.2 Å². The van der Waals surface area contributed by atoms with Crippen molar-refractivity contribution in [2.45, 2.75) is 25.0 Å². The number of hydrogen-bond acceptors (Lipinski definition) is 4. The predicted octanol–water partition coefficient (Wildman–Crippen LogP) is 5.12. The standard InChI is InChI=1S/C31H34N4O2/c1-33-22-26(21-32-33)17-18-34-19-20-35(31(36)37-24-25-11-5-2-6-12-25)23-29(34)30(27-13-7-3-8-14-27)28-15-9-4-10-16-28/h2-16,21-22,29-30H,17-20,23-24H2,1H3/t29-/m0/s1. The number of carbonyl (C=O) groups excluding carboxylic acids is 1. The molecule has 1 atom stereocenters. The highest BCUT2D eigenvalue weighted by Gasteiger charge is 2.36. The van der Waals surface area contributed by atoms with E-state index in [-0.39, 0.29) is 24.7 Å². The average molecular weight is 495 g/mol. The third kappa shape index (κ3) is 6.27. The molecule has 190 valence electrons. The minimum absolute atomic E-state index is 0.111. The van der Waals surface area contributed by atoms with Gasteiger partial charge in [-0.3, -0.25) is 9.58 Å². The second kappa shape index (κ2) is 11.9. The van der Waals surface area contributed by atoms with Gasteiger partial charge in [0.25, 0.3) is 0 Å². The molecule has 0 saturated carbocycles. The second-order valence-corrected chi connectivity index (χ2v) is 9.66. The predicted molar refractivity (Wildman–Crippen MR) is 145 cm³/mol. The summed E-state index contributed by atoms with van der Waals surface area (Å²) in [6.45, 7) is 3.23. The van der Waals surface area contributed by atoms with Crippen LogP contribution in [-0.2, 0) is 24.8 Å². The summed E-state index contributed by atoms with van der Waals surface area (Å²) in [6, 6.07) is 31.3. The fourth-order valence-electron chi connectivity index (χ4n) is 5.25. The third-order valence-electron chi connectivity index (χ3n) is 7.15. The number of hydrogen-bond donors (Lipinski definition) is 0. The number of piperazine rings is 1. The lowest BCUT2D eigenvalue weighted by Crippen LogP contribution is -2.57. The molecular weight excluding hydrogens is 460 g/mol. The van der Waals surface area contributed by atoms with E-state index in [1.807, 2.05) is 53.2 Å². The molecule has 37 heavy (non-hydrogen) atoms. The van der Waals surface area contributed by atoms with Gasteiger partial charge in [0.05, 0.1) is 6.20 Å². The molecule has 4 aromatic rings. The first-order valence-corrected chi connectivity index (χ1v) is 12.9. The molecule has 1 aliphatic heterocycles. The molecule has 1 amide bonds. The normalized spacial score (nSPS) is 16.2. The Bertz CT molecular complexity index is 1220. The quantitative estimate of drug-likeness (QED) is 0.341. The van der Waals surface area contributed by atoms with E-state index in [9.17, 15) is 4.79 Å². The smallest absolute Gasteiger partial charge is 0.410 e. The maximum absolute atomic E-state index is 13.2. The Morgan fingerprint density at radius 2 is 1.51 bits per heavy atom. The van der Waals surface area contributed by atoms with Crippen molar-refractivity contribution in [1.82, 2.24) is 19.6 Å². The summed E-state index contributed by atoms with van der Waals surface area (Å²) in [5, 5.41) is 4.34. The van der Waals surface area contributed by atoms with Crippen molar-refractivity contribution in [3.63, 3.8) is 0 Å². The van der Waals surface area contributed by atoms with E-state index in [2.05, 4.69) is 76.9 Å². The van der Waals surface area contributed by atoms with Crippen LogP contribution in [0.2, 0.25) is 0 Å². The molecule has 1 fully saturated rings. The lowest BCUT2D eigenvalue weighted by molar-refractivity contribution is 0.0428. The summed E-state index contributed by atoms with van der Waals surface area (Å²) >= 11 is 0. The van der Waals surface area contributed by atoms with Crippen molar-refractivity contribution in [3.8, 4) is 0 Å². The largest absolute Gasteiger partial charge is 0.445 e. The zero-order valence-corrected chi connectivity index (χ0v) is 21.3. The van der Waals surface area contributed by atoms with E-state index in [0.29, 0.717) is 13.1 Å². The van der Waals surface area contributed by atoms with Crippen LogP contribution in [0.5, 0.6) is 0 Å². The average Bonchev–Trinajstić information content (AvgIpc) is 3.37. The molecule has 6 nitrogen and oxygen atoms in total. The summed E-state index contributed by atoms with van der Waals surface area (Å²) in [5.41, 5.74) is 4.73. The van der Waals surface area contributed by atoms with Crippen LogP contribution in [0.3, 0.4) is 0 Å². The summed E-state index contributed by atoms with van der Waals surface area (Å²) in [7, 11) is 1.95. The number of aromatic nitrogens is 2. The lowest BCUT2D eigenvalue weighted by Gasteiger charge is -2.45. The highest BCUT2D eigenvalue weighted by molar-refractivity contribution is 5.68. The van der Waals surface area contributed by atoms with Gasteiger partial charge in [0, 0.05) is 51.4 Å². The van der Waals surface area contributed by atoms with Crippen molar-refractivity contribution in [1.29, 1.82) is 0 Å². The highest BCUT2D eigenvalue weighted by Crippen LogP contribution is 2.33. The van der Waals surface area contributed by atoms with E-state index in [0.717, 1.165) is 25.1 Å². The molecule has 1 saturated heterocycles. The molecule has 1 aliphatic rings. The lowest BCUT2D eigenvalue weighted by atomic mass is 9.83. The van der Waals surface area contributed by atoms with Gasteiger partial charge in [-0.2, -0.15) is 5.10 Å². The van der Waals surface area contributed by atoms with Crippen molar-refractivity contribution >= 4 is 6.09 Å². The molecule has 5 rings (SSSR count).